The first kappa shape index (κ1) is 18.6. The minimum absolute atomic E-state index is 0.194. The molecule has 0 spiro atoms. The molecule has 6 nitrogen and oxygen atoms in total. The van der Waals surface area contributed by atoms with Crippen LogP contribution in [0.5, 0.6) is 5.75 Å². The number of hydrogen-bond donors (Lipinski definition) is 1. The van der Waals surface area contributed by atoms with Crippen LogP contribution >= 0.6 is 0 Å². The van der Waals surface area contributed by atoms with Crippen LogP contribution in [0.25, 0.3) is 21.9 Å². The number of rotatable bonds is 7. The number of aromatic nitrogens is 1. The lowest BCUT2D eigenvalue weighted by molar-refractivity contribution is 0.0929. The highest BCUT2D eigenvalue weighted by Gasteiger charge is 2.12. The molecular weight excluding hydrogens is 366 g/mol. The van der Waals surface area contributed by atoms with Crippen molar-refractivity contribution in [1.29, 1.82) is 0 Å². The molecule has 0 bridgehead atoms. The van der Waals surface area contributed by atoms with E-state index in [-0.39, 0.29) is 5.76 Å². The Kier molecular flexibility index (Phi) is 5.16. The molecule has 0 atom stereocenters. The van der Waals surface area contributed by atoms with E-state index in [1.54, 1.807) is 18.3 Å². The first-order chi connectivity index (χ1) is 14.2. The lowest BCUT2D eigenvalue weighted by atomic mass is 10.2. The Morgan fingerprint density at radius 1 is 1.28 bits per heavy atom. The summed E-state index contributed by atoms with van der Waals surface area (Å²) in [5, 5.41) is 5.97. The van der Waals surface area contributed by atoms with Crippen LogP contribution in [-0.4, -0.2) is 23.3 Å². The monoisotopic (exact) mass is 387 g/mol. The lowest BCUT2D eigenvalue weighted by Crippen LogP contribution is -2.16. The van der Waals surface area contributed by atoms with Gasteiger partial charge in [-0.1, -0.05) is 24.3 Å². The Morgan fingerprint density at radius 3 is 2.97 bits per heavy atom. The minimum Gasteiger partial charge on any atom is -0.494 e. The van der Waals surface area contributed by atoms with E-state index in [1.807, 2.05) is 55.6 Å². The molecule has 0 unspecified atom stereocenters. The van der Waals surface area contributed by atoms with Crippen molar-refractivity contribution in [2.24, 2.45) is 5.10 Å². The second-order valence-electron chi connectivity index (χ2n) is 6.49. The van der Waals surface area contributed by atoms with Gasteiger partial charge in [0.1, 0.15) is 11.3 Å². The van der Waals surface area contributed by atoms with Gasteiger partial charge in [0.2, 0.25) is 0 Å². The molecule has 1 amide bonds. The first-order valence-electron chi connectivity index (χ1n) is 9.38. The predicted octanol–water partition coefficient (Wildman–Crippen LogP) is 4.74. The molecule has 29 heavy (non-hydrogen) atoms. The number of nitrogens with one attached hydrogen (secondary N) is 1. The van der Waals surface area contributed by atoms with Crippen LogP contribution in [0.15, 0.2) is 76.9 Å². The Morgan fingerprint density at radius 2 is 2.14 bits per heavy atom. The third-order valence-corrected chi connectivity index (χ3v) is 4.54. The van der Waals surface area contributed by atoms with Crippen molar-refractivity contribution in [3.63, 3.8) is 0 Å². The molecule has 0 aliphatic carbocycles. The molecule has 0 fully saturated rings. The summed E-state index contributed by atoms with van der Waals surface area (Å²) in [6, 6.07) is 15.1. The van der Waals surface area contributed by atoms with Crippen molar-refractivity contribution in [2.45, 2.75) is 13.5 Å². The van der Waals surface area contributed by atoms with Crippen LogP contribution < -0.4 is 10.2 Å². The summed E-state index contributed by atoms with van der Waals surface area (Å²) < 4.78 is 13.2. The summed E-state index contributed by atoms with van der Waals surface area (Å²) in [4.78, 5) is 12.4. The highest BCUT2D eigenvalue weighted by Crippen LogP contribution is 2.24. The summed E-state index contributed by atoms with van der Waals surface area (Å²) in [5.41, 5.74) is 5.15. The maximum absolute atomic E-state index is 12.4. The normalized spacial score (nSPS) is 11.3. The molecule has 0 aliphatic heterocycles. The second-order valence-corrected chi connectivity index (χ2v) is 6.49. The minimum atomic E-state index is -0.412. The average molecular weight is 387 g/mol. The number of hydrazone groups is 1. The molecule has 4 aromatic rings. The van der Waals surface area contributed by atoms with Crippen LogP contribution in [0.3, 0.4) is 0 Å². The summed E-state index contributed by atoms with van der Waals surface area (Å²) >= 11 is 0. The third-order valence-electron chi connectivity index (χ3n) is 4.54. The smallest absolute Gasteiger partial charge is 0.307 e. The lowest BCUT2D eigenvalue weighted by Gasteiger charge is -2.00. The summed E-state index contributed by atoms with van der Waals surface area (Å²) in [6.07, 6.45) is 5.46. The number of ether oxygens (including phenoxy) is 1. The van der Waals surface area contributed by atoms with E-state index < -0.39 is 5.91 Å². The molecular formula is C23H21N3O3. The number of furan rings is 1. The zero-order valence-corrected chi connectivity index (χ0v) is 16.1. The summed E-state index contributed by atoms with van der Waals surface area (Å²) in [7, 11) is 0. The Balaban J connectivity index is 1.52. The standard InChI is InChI=1S/C23H21N3O3/c1-3-11-26-15-17(19-7-5-6-8-20(19)26)14-24-25-23(27)22-13-16-12-18(28-4-2)9-10-21(16)29-22/h3,5-10,12-15H,1,4,11H2,2H3,(H,25,27)/b24-14+. The van der Waals surface area contributed by atoms with Gasteiger partial charge >= 0.3 is 5.91 Å². The van der Waals surface area contributed by atoms with E-state index in [2.05, 4.69) is 21.7 Å². The molecule has 4 rings (SSSR count). The summed E-state index contributed by atoms with van der Waals surface area (Å²) in [5.74, 6) is 0.520. The Bertz CT molecular complexity index is 1220. The molecule has 2 aromatic carbocycles. The maximum atomic E-state index is 12.4. The van der Waals surface area contributed by atoms with Crippen molar-refractivity contribution in [3.05, 3.63) is 78.7 Å². The fourth-order valence-corrected chi connectivity index (χ4v) is 3.27. The van der Waals surface area contributed by atoms with Gasteiger partial charge < -0.3 is 13.7 Å². The van der Waals surface area contributed by atoms with Crippen LogP contribution in [-0.2, 0) is 6.54 Å². The van der Waals surface area contributed by atoms with E-state index in [4.69, 9.17) is 9.15 Å². The SMILES string of the molecule is C=CCn1cc(/C=N/NC(=O)c2cc3cc(OCC)ccc3o2)c2ccccc21. The van der Waals surface area contributed by atoms with Crippen LogP contribution in [0.1, 0.15) is 23.0 Å². The maximum Gasteiger partial charge on any atom is 0.307 e. The van der Waals surface area contributed by atoms with Gasteiger partial charge in [0.05, 0.1) is 12.8 Å². The molecule has 146 valence electrons. The number of benzene rings is 2. The molecule has 0 saturated heterocycles. The largest absolute Gasteiger partial charge is 0.494 e. The van der Waals surface area contributed by atoms with Crippen molar-refractivity contribution >= 4 is 34.0 Å². The second kappa shape index (κ2) is 8.06. The van der Waals surface area contributed by atoms with Crippen molar-refractivity contribution in [3.8, 4) is 5.75 Å². The Hall–Kier alpha value is -3.80. The van der Waals surface area contributed by atoms with E-state index in [0.717, 1.165) is 27.6 Å². The van der Waals surface area contributed by atoms with Crippen molar-refractivity contribution in [2.75, 3.05) is 6.61 Å². The van der Waals surface area contributed by atoms with Crippen molar-refractivity contribution < 1.29 is 13.9 Å². The molecule has 2 heterocycles. The predicted molar refractivity (Wildman–Crippen MR) is 115 cm³/mol. The fourth-order valence-electron chi connectivity index (χ4n) is 3.27. The highest BCUT2D eigenvalue weighted by atomic mass is 16.5. The van der Waals surface area contributed by atoms with E-state index >= 15 is 0 Å². The third kappa shape index (κ3) is 3.78. The van der Waals surface area contributed by atoms with Gasteiger partial charge in [0.25, 0.3) is 0 Å². The highest BCUT2D eigenvalue weighted by molar-refractivity contribution is 6.01. The number of nitrogens with zero attached hydrogens (tertiary/aromatic N) is 2. The zero-order valence-electron chi connectivity index (χ0n) is 16.1. The number of carbonyl (C=O) groups is 1. The fraction of sp³-hybridized carbons (Fsp3) is 0.130. The number of hydrogen-bond acceptors (Lipinski definition) is 4. The van der Waals surface area contributed by atoms with E-state index in [9.17, 15) is 4.79 Å². The number of amides is 1. The van der Waals surface area contributed by atoms with Gasteiger partial charge in [-0.25, -0.2) is 5.43 Å². The van der Waals surface area contributed by atoms with Gasteiger partial charge in [-0.3, -0.25) is 4.79 Å². The Labute approximate surface area is 168 Å². The molecule has 0 radical (unpaired) electrons. The number of allylic oxidation sites excluding steroid dienone is 1. The topological polar surface area (TPSA) is 68.8 Å². The van der Waals surface area contributed by atoms with Gasteiger partial charge in [-0.15, -0.1) is 6.58 Å². The molecule has 2 aromatic heterocycles. The van der Waals surface area contributed by atoms with Gasteiger partial charge in [0, 0.05) is 34.6 Å². The van der Waals surface area contributed by atoms with Crippen LogP contribution in [0.2, 0.25) is 0 Å². The number of para-hydroxylation sites is 1. The quantitative estimate of drug-likeness (QED) is 0.283. The van der Waals surface area contributed by atoms with Crippen LogP contribution in [0, 0.1) is 0 Å². The van der Waals surface area contributed by atoms with Gasteiger partial charge in [-0.05, 0) is 37.3 Å². The molecule has 0 saturated carbocycles. The molecule has 0 aliphatic rings. The van der Waals surface area contributed by atoms with Gasteiger partial charge in [-0.2, -0.15) is 5.10 Å². The van der Waals surface area contributed by atoms with Crippen molar-refractivity contribution in [1.82, 2.24) is 9.99 Å². The zero-order chi connectivity index (χ0) is 20.2. The number of carbonyl (C=O) groups excluding carboxylic acids is 1. The number of fused-ring (bicyclic) bond motifs is 2. The average Bonchev–Trinajstić information content (AvgIpc) is 3.30. The molecule has 1 N–H and O–H groups in total. The van der Waals surface area contributed by atoms with Crippen LogP contribution in [0.4, 0.5) is 0 Å². The first-order valence-corrected chi connectivity index (χ1v) is 9.38. The van der Waals surface area contributed by atoms with Gasteiger partial charge in [0.15, 0.2) is 5.76 Å². The molecule has 6 heteroatoms. The van der Waals surface area contributed by atoms with E-state index in [1.165, 1.54) is 0 Å². The summed E-state index contributed by atoms with van der Waals surface area (Å²) in [6.45, 7) is 6.99. The van der Waals surface area contributed by atoms with E-state index in [0.29, 0.717) is 18.7 Å².